The Bertz CT molecular complexity index is 665. The number of rotatable bonds is 7. The minimum absolute atomic E-state index is 0.138. The zero-order valence-electron chi connectivity index (χ0n) is 19.3. The van der Waals surface area contributed by atoms with Crippen LogP contribution in [-0.4, -0.2) is 128 Å². The summed E-state index contributed by atoms with van der Waals surface area (Å²) in [6, 6.07) is -3.41. The van der Waals surface area contributed by atoms with Crippen LogP contribution in [0.4, 0.5) is 0 Å². The lowest BCUT2D eigenvalue weighted by Gasteiger charge is -2.47. The molecule has 2 heterocycles. The SMILES string of the molecule is CCC(O)C1OC(OC2C(N)CC(N)C(O)C2OC2OC(C(C)N)C(O)C2O)C(N)C(O)C1O. The van der Waals surface area contributed by atoms with Gasteiger partial charge in [0.2, 0.25) is 0 Å². The maximum absolute atomic E-state index is 10.8. The fraction of sp³-hybridized carbons (Fsp3) is 1.00. The van der Waals surface area contributed by atoms with Crippen LogP contribution in [0.1, 0.15) is 26.7 Å². The second-order valence-electron chi connectivity index (χ2n) is 9.57. The van der Waals surface area contributed by atoms with E-state index in [0.717, 1.165) is 0 Å². The molecule has 0 radical (unpaired) electrons. The maximum atomic E-state index is 10.8. The molecule has 14 nitrogen and oxygen atoms in total. The lowest BCUT2D eigenvalue weighted by atomic mass is 9.84. The molecule has 0 aromatic heterocycles. The summed E-state index contributed by atoms with van der Waals surface area (Å²) in [5.41, 5.74) is 24.1. The first-order chi connectivity index (χ1) is 15.9. The molecule has 0 amide bonds. The summed E-state index contributed by atoms with van der Waals surface area (Å²) < 4.78 is 23.0. The Morgan fingerprint density at radius 2 is 1.35 bits per heavy atom. The predicted octanol–water partition coefficient (Wildman–Crippen LogP) is -5.49. The van der Waals surface area contributed by atoms with E-state index >= 15 is 0 Å². The van der Waals surface area contributed by atoms with E-state index in [4.69, 9.17) is 41.9 Å². The van der Waals surface area contributed by atoms with Gasteiger partial charge in [-0.2, -0.15) is 0 Å². The van der Waals surface area contributed by atoms with Crippen molar-refractivity contribution in [2.45, 2.75) is 124 Å². The van der Waals surface area contributed by atoms with Crippen molar-refractivity contribution in [2.75, 3.05) is 0 Å². The second-order valence-corrected chi connectivity index (χ2v) is 9.57. The van der Waals surface area contributed by atoms with Crippen molar-refractivity contribution in [2.24, 2.45) is 22.9 Å². The third-order valence-corrected chi connectivity index (χ3v) is 6.91. The molecule has 14 heteroatoms. The van der Waals surface area contributed by atoms with E-state index in [1.54, 1.807) is 13.8 Å². The summed E-state index contributed by atoms with van der Waals surface area (Å²) in [5, 5.41) is 62.2. The largest absolute Gasteiger partial charge is 0.390 e. The van der Waals surface area contributed by atoms with E-state index < -0.39 is 97.8 Å². The van der Waals surface area contributed by atoms with Crippen molar-refractivity contribution in [1.82, 2.24) is 0 Å². The Morgan fingerprint density at radius 1 is 0.794 bits per heavy atom. The monoisotopic (exact) mass is 496 g/mol. The number of hydrogen-bond donors (Lipinski definition) is 10. The molecule has 2 saturated heterocycles. The molecule has 34 heavy (non-hydrogen) atoms. The van der Waals surface area contributed by atoms with E-state index in [-0.39, 0.29) is 12.8 Å². The molecular formula is C20H40N4O10. The highest BCUT2D eigenvalue weighted by Crippen LogP contribution is 2.33. The third-order valence-electron chi connectivity index (χ3n) is 6.91. The minimum Gasteiger partial charge on any atom is -0.390 e. The fourth-order valence-corrected chi connectivity index (χ4v) is 4.72. The fourth-order valence-electron chi connectivity index (χ4n) is 4.72. The van der Waals surface area contributed by atoms with Crippen molar-refractivity contribution < 1.29 is 49.6 Å². The molecule has 0 aromatic rings. The lowest BCUT2D eigenvalue weighted by molar-refractivity contribution is -0.316. The van der Waals surface area contributed by atoms with Gasteiger partial charge in [0.25, 0.3) is 0 Å². The van der Waals surface area contributed by atoms with Crippen LogP contribution >= 0.6 is 0 Å². The Labute approximate surface area is 197 Å². The molecule has 0 spiro atoms. The molecule has 2 aliphatic heterocycles. The molecule has 1 saturated carbocycles. The number of nitrogens with two attached hydrogens (primary N) is 4. The van der Waals surface area contributed by atoms with Gasteiger partial charge in [-0.25, -0.2) is 0 Å². The van der Waals surface area contributed by atoms with E-state index in [9.17, 15) is 30.6 Å². The molecule has 200 valence electrons. The first-order valence-electron chi connectivity index (χ1n) is 11.6. The summed E-state index contributed by atoms with van der Waals surface area (Å²) in [6.45, 7) is 3.27. The average molecular weight is 497 g/mol. The van der Waals surface area contributed by atoms with Gasteiger partial charge in [0, 0.05) is 18.1 Å². The molecule has 16 atom stereocenters. The standard InChI is InChI=1S/C20H40N4O10/c1-3-8(25)17-12(28)11(27)9(24)19(33-17)32-16-7(23)4-6(22)10(26)18(16)34-20-14(30)13(29)15(31-20)5(2)21/h5-20,25-30H,3-4,21-24H2,1-2H3. The van der Waals surface area contributed by atoms with Gasteiger partial charge in [-0.15, -0.1) is 0 Å². The van der Waals surface area contributed by atoms with Crippen molar-refractivity contribution >= 4 is 0 Å². The molecule has 14 N–H and O–H groups in total. The summed E-state index contributed by atoms with van der Waals surface area (Å²) >= 11 is 0. The molecule has 0 aromatic carbocycles. The molecule has 0 bridgehead atoms. The van der Waals surface area contributed by atoms with Gasteiger partial charge >= 0.3 is 0 Å². The number of aliphatic hydroxyl groups excluding tert-OH is 6. The number of ether oxygens (including phenoxy) is 4. The Balaban J connectivity index is 1.80. The number of aliphatic hydroxyl groups is 6. The van der Waals surface area contributed by atoms with Crippen molar-refractivity contribution in [3.8, 4) is 0 Å². The summed E-state index contributed by atoms with van der Waals surface area (Å²) in [4.78, 5) is 0. The Kier molecular flexibility index (Phi) is 9.25. The van der Waals surface area contributed by atoms with E-state index in [0.29, 0.717) is 0 Å². The van der Waals surface area contributed by atoms with Crippen LogP contribution in [0.25, 0.3) is 0 Å². The Morgan fingerprint density at radius 3 is 1.91 bits per heavy atom. The van der Waals surface area contributed by atoms with Gasteiger partial charge in [0.1, 0.15) is 48.8 Å². The molecule has 3 rings (SSSR count). The van der Waals surface area contributed by atoms with Crippen LogP contribution < -0.4 is 22.9 Å². The zero-order chi connectivity index (χ0) is 25.5. The lowest BCUT2D eigenvalue weighted by Crippen LogP contribution is -2.68. The highest BCUT2D eigenvalue weighted by molar-refractivity contribution is 5.02. The van der Waals surface area contributed by atoms with Gasteiger partial charge in [-0.05, 0) is 19.8 Å². The first-order valence-corrected chi connectivity index (χ1v) is 11.6. The second kappa shape index (κ2) is 11.2. The summed E-state index contributed by atoms with van der Waals surface area (Å²) in [5.74, 6) is 0. The van der Waals surface area contributed by atoms with Crippen LogP contribution in [0.5, 0.6) is 0 Å². The van der Waals surface area contributed by atoms with E-state index in [1.807, 2.05) is 0 Å². The van der Waals surface area contributed by atoms with Crippen molar-refractivity contribution in [1.29, 1.82) is 0 Å². The predicted molar refractivity (Wildman–Crippen MR) is 116 cm³/mol. The molecule has 16 unspecified atom stereocenters. The molecule has 3 fully saturated rings. The smallest absolute Gasteiger partial charge is 0.187 e. The van der Waals surface area contributed by atoms with Crippen LogP contribution in [0.15, 0.2) is 0 Å². The first kappa shape index (κ1) is 28.0. The quantitative estimate of drug-likeness (QED) is 0.158. The highest BCUT2D eigenvalue weighted by Gasteiger charge is 2.53. The van der Waals surface area contributed by atoms with Crippen molar-refractivity contribution in [3.63, 3.8) is 0 Å². The van der Waals surface area contributed by atoms with Gasteiger partial charge in [-0.3, -0.25) is 0 Å². The normalized spacial score (nSPS) is 51.9. The molecular weight excluding hydrogens is 456 g/mol. The van der Waals surface area contributed by atoms with Crippen molar-refractivity contribution in [3.05, 3.63) is 0 Å². The molecule has 1 aliphatic carbocycles. The van der Waals surface area contributed by atoms with Gasteiger partial charge < -0.3 is 72.5 Å². The van der Waals surface area contributed by atoms with Gasteiger partial charge in [0.15, 0.2) is 12.6 Å². The van der Waals surface area contributed by atoms with E-state index in [1.165, 1.54) is 0 Å². The van der Waals surface area contributed by atoms with Crippen LogP contribution in [0.2, 0.25) is 0 Å². The minimum atomic E-state index is -1.47. The number of hydrogen-bond acceptors (Lipinski definition) is 14. The zero-order valence-corrected chi connectivity index (χ0v) is 19.3. The summed E-state index contributed by atoms with van der Waals surface area (Å²) in [7, 11) is 0. The molecule has 3 aliphatic rings. The highest BCUT2D eigenvalue weighted by atomic mass is 16.7. The third kappa shape index (κ3) is 5.40. The van der Waals surface area contributed by atoms with Gasteiger partial charge in [0.05, 0.1) is 18.2 Å². The van der Waals surface area contributed by atoms with E-state index in [2.05, 4.69) is 0 Å². The topological polar surface area (TPSA) is 262 Å². The Hall–Kier alpha value is -0.560. The summed E-state index contributed by atoms with van der Waals surface area (Å²) in [6.07, 6.45) is -14.9. The van der Waals surface area contributed by atoms with Gasteiger partial charge in [-0.1, -0.05) is 6.92 Å². The van der Waals surface area contributed by atoms with Crippen LogP contribution in [0.3, 0.4) is 0 Å². The van der Waals surface area contributed by atoms with Crippen LogP contribution in [0, 0.1) is 0 Å². The van der Waals surface area contributed by atoms with Crippen LogP contribution in [-0.2, 0) is 18.9 Å². The average Bonchev–Trinajstić information content (AvgIpc) is 3.07. The maximum Gasteiger partial charge on any atom is 0.187 e.